The van der Waals surface area contributed by atoms with Crippen LogP contribution in [0.2, 0.25) is 0 Å². The normalized spacial score (nSPS) is 18.1. The number of hydrogen-bond donors (Lipinski definition) is 1. The van der Waals surface area contributed by atoms with E-state index in [-0.39, 0.29) is 6.03 Å². The molecule has 0 aromatic carbocycles. The Morgan fingerprint density at radius 2 is 1.86 bits per heavy atom. The summed E-state index contributed by atoms with van der Waals surface area (Å²) in [6, 6.07) is 8.32. The van der Waals surface area contributed by atoms with Gasteiger partial charge in [-0.1, -0.05) is 6.07 Å². The number of rotatable bonds is 5. The molecule has 156 valence electrons. The van der Waals surface area contributed by atoms with E-state index in [9.17, 15) is 4.79 Å². The second-order valence-corrected chi connectivity index (χ2v) is 10.2. The van der Waals surface area contributed by atoms with Crippen molar-refractivity contribution in [3.63, 3.8) is 0 Å². The van der Waals surface area contributed by atoms with Crippen molar-refractivity contribution in [3.05, 3.63) is 44.7 Å². The molecule has 2 aromatic heterocycles. The first kappa shape index (κ1) is 20.6. The van der Waals surface area contributed by atoms with E-state index in [1.54, 1.807) is 11.3 Å². The molecular weight excluding hydrogens is 450 g/mol. The number of carbonyl (C=O) groups excluding carboxylic acids is 1. The Morgan fingerprint density at radius 3 is 2.59 bits per heavy atom. The molecule has 0 unspecified atom stereocenters. The van der Waals surface area contributed by atoms with Crippen molar-refractivity contribution in [2.45, 2.75) is 32.4 Å². The number of carbonyl (C=O) groups is 1. The van der Waals surface area contributed by atoms with Crippen molar-refractivity contribution in [1.82, 2.24) is 20.1 Å². The van der Waals surface area contributed by atoms with Gasteiger partial charge in [0.2, 0.25) is 0 Å². The third-order valence-corrected chi connectivity index (χ3v) is 7.23. The molecule has 4 rings (SSSR count). The summed E-state index contributed by atoms with van der Waals surface area (Å²) in [6.07, 6.45) is 5.58. The number of piperidine rings is 1. The van der Waals surface area contributed by atoms with Gasteiger partial charge < -0.3 is 15.1 Å². The van der Waals surface area contributed by atoms with Crippen LogP contribution >= 0.6 is 27.3 Å². The molecular formula is C21H28BrN5OS. The van der Waals surface area contributed by atoms with Gasteiger partial charge in [0, 0.05) is 69.0 Å². The molecule has 4 heterocycles. The lowest BCUT2D eigenvalue weighted by Gasteiger charge is -2.34. The summed E-state index contributed by atoms with van der Waals surface area (Å²) in [4.78, 5) is 25.3. The molecule has 2 aliphatic heterocycles. The summed E-state index contributed by atoms with van der Waals surface area (Å²) in [5, 5.41) is 3.11. The van der Waals surface area contributed by atoms with E-state index in [4.69, 9.17) is 0 Å². The lowest BCUT2D eigenvalue weighted by atomic mass is 10.1. The molecule has 1 N–H and O–H groups in total. The molecule has 2 saturated heterocycles. The molecule has 6 nitrogen and oxygen atoms in total. The monoisotopic (exact) mass is 477 g/mol. The van der Waals surface area contributed by atoms with Crippen LogP contribution in [0.15, 0.2) is 34.2 Å². The van der Waals surface area contributed by atoms with Gasteiger partial charge in [-0.25, -0.2) is 9.78 Å². The van der Waals surface area contributed by atoms with Gasteiger partial charge >= 0.3 is 6.03 Å². The van der Waals surface area contributed by atoms with Crippen LogP contribution in [0.25, 0.3) is 0 Å². The Balaban J connectivity index is 1.26. The second kappa shape index (κ2) is 9.91. The fourth-order valence-electron chi connectivity index (χ4n) is 4.01. The standard InChI is InChI=1S/C21H28BrN5OS/c22-19-7-6-18(29-19)16-25-11-13-27(14-12-25)21(28)24-15-17-5-4-8-23-20(17)26-9-2-1-3-10-26/h4-8H,1-3,9-16H2,(H,24,28). The number of nitrogens with one attached hydrogen (secondary N) is 1. The van der Waals surface area contributed by atoms with Crippen molar-refractivity contribution in [1.29, 1.82) is 0 Å². The van der Waals surface area contributed by atoms with Crippen LogP contribution in [0.5, 0.6) is 0 Å². The highest BCUT2D eigenvalue weighted by atomic mass is 79.9. The molecule has 0 radical (unpaired) electrons. The van der Waals surface area contributed by atoms with Gasteiger partial charge in [0.25, 0.3) is 0 Å². The number of pyridine rings is 1. The summed E-state index contributed by atoms with van der Waals surface area (Å²) in [5.74, 6) is 1.03. The predicted molar refractivity (Wildman–Crippen MR) is 121 cm³/mol. The number of urea groups is 1. The highest BCUT2D eigenvalue weighted by Gasteiger charge is 2.22. The first-order valence-electron chi connectivity index (χ1n) is 10.4. The minimum absolute atomic E-state index is 0.0250. The maximum absolute atomic E-state index is 12.7. The number of anilines is 1. The predicted octanol–water partition coefficient (Wildman–Crippen LogP) is 3.92. The smallest absolute Gasteiger partial charge is 0.317 e. The van der Waals surface area contributed by atoms with Crippen LogP contribution in [0, 0.1) is 0 Å². The van der Waals surface area contributed by atoms with E-state index < -0.39 is 0 Å². The molecule has 2 aromatic rings. The van der Waals surface area contributed by atoms with Gasteiger partial charge in [-0.3, -0.25) is 4.90 Å². The average molecular weight is 478 g/mol. The lowest BCUT2D eigenvalue weighted by molar-refractivity contribution is 0.135. The SMILES string of the molecule is O=C(NCc1cccnc1N1CCCCC1)N1CCN(Cc2ccc(Br)s2)CC1. The number of thiophene rings is 1. The van der Waals surface area contributed by atoms with Gasteiger partial charge in [0.1, 0.15) is 5.82 Å². The molecule has 0 aliphatic carbocycles. The highest BCUT2D eigenvalue weighted by Crippen LogP contribution is 2.24. The fraction of sp³-hybridized carbons (Fsp3) is 0.524. The minimum atomic E-state index is 0.0250. The van der Waals surface area contributed by atoms with E-state index in [1.807, 2.05) is 17.2 Å². The molecule has 2 fully saturated rings. The highest BCUT2D eigenvalue weighted by molar-refractivity contribution is 9.11. The molecule has 8 heteroatoms. The second-order valence-electron chi connectivity index (χ2n) is 7.66. The van der Waals surface area contributed by atoms with Gasteiger partial charge in [-0.15, -0.1) is 11.3 Å². The van der Waals surface area contributed by atoms with Crippen molar-refractivity contribution in [3.8, 4) is 0 Å². The van der Waals surface area contributed by atoms with E-state index in [1.165, 1.54) is 27.9 Å². The van der Waals surface area contributed by atoms with Crippen LogP contribution in [0.3, 0.4) is 0 Å². The van der Waals surface area contributed by atoms with Gasteiger partial charge in [-0.05, 0) is 53.4 Å². The topological polar surface area (TPSA) is 51.7 Å². The van der Waals surface area contributed by atoms with E-state index in [2.05, 4.69) is 54.2 Å². The Morgan fingerprint density at radius 1 is 1.07 bits per heavy atom. The zero-order valence-electron chi connectivity index (χ0n) is 16.6. The fourth-order valence-corrected chi connectivity index (χ4v) is 5.53. The van der Waals surface area contributed by atoms with E-state index >= 15 is 0 Å². The van der Waals surface area contributed by atoms with Crippen LogP contribution in [-0.2, 0) is 13.1 Å². The van der Waals surface area contributed by atoms with Crippen LogP contribution in [0.4, 0.5) is 10.6 Å². The first-order chi connectivity index (χ1) is 14.2. The number of hydrogen-bond acceptors (Lipinski definition) is 5. The van der Waals surface area contributed by atoms with Gasteiger partial charge in [0.05, 0.1) is 3.79 Å². The maximum atomic E-state index is 12.7. The van der Waals surface area contributed by atoms with Crippen molar-refractivity contribution >= 4 is 39.1 Å². The van der Waals surface area contributed by atoms with Crippen molar-refractivity contribution in [2.24, 2.45) is 0 Å². The molecule has 2 amide bonds. The minimum Gasteiger partial charge on any atom is -0.356 e. The van der Waals surface area contributed by atoms with Crippen LogP contribution in [-0.4, -0.2) is 60.1 Å². The average Bonchev–Trinajstić information content (AvgIpc) is 3.18. The van der Waals surface area contributed by atoms with Crippen LogP contribution < -0.4 is 10.2 Å². The number of aromatic nitrogens is 1. The largest absolute Gasteiger partial charge is 0.356 e. The van der Waals surface area contributed by atoms with E-state index in [0.717, 1.165) is 57.2 Å². The lowest BCUT2D eigenvalue weighted by Crippen LogP contribution is -2.51. The third kappa shape index (κ3) is 5.49. The summed E-state index contributed by atoms with van der Waals surface area (Å²) < 4.78 is 1.17. The Bertz CT molecular complexity index is 815. The number of piperazine rings is 1. The molecule has 0 atom stereocenters. The Labute approximate surface area is 185 Å². The zero-order chi connectivity index (χ0) is 20.1. The van der Waals surface area contributed by atoms with Crippen molar-refractivity contribution in [2.75, 3.05) is 44.2 Å². The number of halogens is 1. The quantitative estimate of drug-likeness (QED) is 0.708. The zero-order valence-corrected chi connectivity index (χ0v) is 19.1. The first-order valence-corrected chi connectivity index (χ1v) is 12.0. The molecule has 29 heavy (non-hydrogen) atoms. The summed E-state index contributed by atoms with van der Waals surface area (Å²) in [6.45, 7) is 6.96. The summed E-state index contributed by atoms with van der Waals surface area (Å²) >= 11 is 5.30. The molecule has 0 saturated carbocycles. The molecule has 0 bridgehead atoms. The summed E-state index contributed by atoms with van der Waals surface area (Å²) in [7, 11) is 0. The molecule has 0 spiro atoms. The van der Waals surface area contributed by atoms with Crippen molar-refractivity contribution < 1.29 is 4.79 Å². The number of amides is 2. The Kier molecular flexibility index (Phi) is 7.05. The van der Waals surface area contributed by atoms with Gasteiger partial charge in [-0.2, -0.15) is 0 Å². The third-order valence-electron chi connectivity index (χ3n) is 5.62. The Hall–Kier alpha value is -1.64. The molecule has 2 aliphatic rings. The maximum Gasteiger partial charge on any atom is 0.317 e. The van der Waals surface area contributed by atoms with Crippen LogP contribution in [0.1, 0.15) is 29.7 Å². The van der Waals surface area contributed by atoms with Gasteiger partial charge in [0.15, 0.2) is 0 Å². The number of nitrogens with zero attached hydrogens (tertiary/aromatic N) is 4. The van der Waals surface area contributed by atoms with E-state index in [0.29, 0.717) is 6.54 Å². The summed E-state index contributed by atoms with van der Waals surface area (Å²) in [5.41, 5.74) is 1.10.